The summed E-state index contributed by atoms with van der Waals surface area (Å²) in [5.74, 6) is 0.779. The van der Waals surface area contributed by atoms with Crippen LogP contribution in [0.25, 0.3) is 0 Å². The third-order valence-corrected chi connectivity index (χ3v) is 3.36. The van der Waals surface area contributed by atoms with Crippen LogP contribution < -0.4 is 10.2 Å². The van der Waals surface area contributed by atoms with Crippen LogP contribution in [0.5, 0.6) is 0 Å². The normalized spacial score (nSPS) is 10.8. The van der Waals surface area contributed by atoms with E-state index in [1.165, 1.54) is 6.07 Å². The summed E-state index contributed by atoms with van der Waals surface area (Å²) in [6.07, 6.45) is 3.68. The molecule has 0 spiro atoms. The molecule has 0 amide bonds. The van der Waals surface area contributed by atoms with Gasteiger partial charge in [-0.15, -0.1) is 0 Å². The van der Waals surface area contributed by atoms with Crippen LogP contribution in [0.1, 0.15) is 18.3 Å². The molecular formula is C15H21FN4. The molecule has 1 N–H and O–H groups in total. The molecule has 2 rings (SSSR count). The van der Waals surface area contributed by atoms with Gasteiger partial charge in [-0.05, 0) is 18.7 Å². The number of aromatic nitrogens is 2. The fraction of sp³-hybridized carbons (Fsp3) is 0.400. The van der Waals surface area contributed by atoms with Crippen molar-refractivity contribution in [2.24, 2.45) is 7.05 Å². The maximum absolute atomic E-state index is 14.0. The van der Waals surface area contributed by atoms with Crippen molar-refractivity contribution < 1.29 is 4.39 Å². The second-order valence-corrected chi connectivity index (χ2v) is 4.83. The Kier molecular flexibility index (Phi) is 4.74. The molecule has 0 atom stereocenters. The van der Waals surface area contributed by atoms with E-state index in [-0.39, 0.29) is 5.82 Å². The van der Waals surface area contributed by atoms with Crippen LogP contribution in [0.4, 0.5) is 10.1 Å². The number of benzene rings is 1. The maximum atomic E-state index is 14.0. The van der Waals surface area contributed by atoms with Crippen molar-refractivity contribution >= 4 is 5.69 Å². The van der Waals surface area contributed by atoms with Crippen LogP contribution in [-0.2, 0) is 20.1 Å². The van der Waals surface area contributed by atoms with Crippen LogP contribution in [0.2, 0.25) is 0 Å². The summed E-state index contributed by atoms with van der Waals surface area (Å²) >= 11 is 0. The fourth-order valence-electron chi connectivity index (χ4n) is 2.18. The van der Waals surface area contributed by atoms with Gasteiger partial charge in [0.15, 0.2) is 0 Å². The number of nitrogens with one attached hydrogen (secondary N) is 1. The molecule has 1 aromatic carbocycles. The number of aryl methyl sites for hydroxylation is 1. The SMILES string of the molecule is CCNCc1c(F)cccc1N(C)Cc1nccn1C. The van der Waals surface area contributed by atoms with Crippen LogP contribution >= 0.6 is 0 Å². The van der Waals surface area contributed by atoms with Gasteiger partial charge in [-0.1, -0.05) is 13.0 Å². The topological polar surface area (TPSA) is 33.1 Å². The van der Waals surface area contributed by atoms with Gasteiger partial charge in [-0.25, -0.2) is 9.37 Å². The Labute approximate surface area is 119 Å². The quantitative estimate of drug-likeness (QED) is 0.879. The van der Waals surface area contributed by atoms with Crippen molar-refractivity contribution in [3.05, 3.63) is 47.8 Å². The van der Waals surface area contributed by atoms with E-state index in [4.69, 9.17) is 0 Å². The fourth-order valence-corrected chi connectivity index (χ4v) is 2.18. The van der Waals surface area contributed by atoms with Crippen molar-refractivity contribution in [1.29, 1.82) is 0 Å². The first kappa shape index (κ1) is 14.5. The Morgan fingerprint density at radius 3 is 2.85 bits per heavy atom. The first-order valence-corrected chi connectivity index (χ1v) is 6.79. The first-order chi connectivity index (χ1) is 9.63. The van der Waals surface area contributed by atoms with E-state index in [9.17, 15) is 4.39 Å². The zero-order chi connectivity index (χ0) is 14.5. The Balaban J connectivity index is 2.22. The highest BCUT2D eigenvalue weighted by atomic mass is 19.1. The Morgan fingerprint density at radius 1 is 1.40 bits per heavy atom. The molecule has 4 nitrogen and oxygen atoms in total. The van der Waals surface area contributed by atoms with E-state index in [0.29, 0.717) is 18.7 Å². The first-order valence-electron chi connectivity index (χ1n) is 6.79. The van der Waals surface area contributed by atoms with Gasteiger partial charge >= 0.3 is 0 Å². The predicted octanol–water partition coefficient (Wildman–Crippen LogP) is 2.31. The molecule has 0 aliphatic heterocycles. The highest BCUT2D eigenvalue weighted by Gasteiger charge is 2.13. The summed E-state index contributed by atoms with van der Waals surface area (Å²) in [7, 11) is 3.92. The number of halogens is 1. The number of hydrogen-bond donors (Lipinski definition) is 1. The largest absolute Gasteiger partial charge is 0.367 e. The van der Waals surface area contributed by atoms with Gasteiger partial charge < -0.3 is 14.8 Å². The van der Waals surface area contributed by atoms with Crippen molar-refractivity contribution in [3.8, 4) is 0 Å². The van der Waals surface area contributed by atoms with Gasteiger partial charge in [-0.2, -0.15) is 0 Å². The molecule has 0 bridgehead atoms. The molecule has 0 aliphatic carbocycles. The minimum Gasteiger partial charge on any atom is -0.367 e. The van der Waals surface area contributed by atoms with Gasteiger partial charge in [0.05, 0.1) is 6.54 Å². The van der Waals surface area contributed by atoms with E-state index in [0.717, 1.165) is 18.1 Å². The van der Waals surface area contributed by atoms with Gasteiger partial charge in [0.25, 0.3) is 0 Å². The standard InChI is InChI=1S/C15H21FN4/c1-4-17-10-12-13(16)6-5-7-14(12)20(3)11-15-18-8-9-19(15)2/h5-9,17H,4,10-11H2,1-3H3. The van der Waals surface area contributed by atoms with E-state index >= 15 is 0 Å². The van der Waals surface area contributed by atoms with Gasteiger partial charge in [-0.3, -0.25) is 0 Å². The number of anilines is 1. The highest BCUT2D eigenvalue weighted by molar-refractivity contribution is 5.53. The number of imidazole rings is 1. The Bertz CT molecular complexity index is 565. The molecule has 0 fully saturated rings. The van der Waals surface area contributed by atoms with Crippen molar-refractivity contribution in [2.75, 3.05) is 18.5 Å². The summed E-state index contributed by atoms with van der Waals surface area (Å²) in [5.41, 5.74) is 1.60. The summed E-state index contributed by atoms with van der Waals surface area (Å²) in [4.78, 5) is 6.33. The van der Waals surface area contributed by atoms with Crippen molar-refractivity contribution in [2.45, 2.75) is 20.0 Å². The van der Waals surface area contributed by atoms with E-state index in [2.05, 4.69) is 10.3 Å². The summed E-state index contributed by atoms with van der Waals surface area (Å²) < 4.78 is 16.0. The van der Waals surface area contributed by atoms with Crippen LogP contribution in [0.3, 0.4) is 0 Å². The molecule has 20 heavy (non-hydrogen) atoms. The Morgan fingerprint density at radius 2 is 2.20 bits per heavy atom. The molecular weight excluding hydrogens is 255 g/mol. The highest BCUT2D eigenvalue weighted by Crippen LogP contribution is 2.23. The smallest absolute Gasteiger partial charge is 0.129 e. The molecule has 0 saturated heterocycles. The molecule has 108 valence electrons. The second kappa shape index (κ2) is 6.52. The molecule has 0 unspecified atom stereocenters. The lowest BCUT2D eigenvalue weighted by Crippen LogP contribution is -2.23. The average molecular weight is 276 g/mol. The molecule has 2 aromatic rings. The van der Waals surface area contributed by atoms with Crippen LogP contribution in [-0.4, -0.2) is 23.1 Å². The van der Waals surface area contributed by atoms with Crippen molar-refractivity contribution in [3.63, 3.8) is 0 Å². The predicted molar refractivity (Wildman–Crippen MR) is 79.1 cm³/mol. The lowest BCUT2D eigenvalue weighted by Gasteiger charge is -2.22. The Hall–Kier alpha value is -1.88. The lowest BCUT2D eigenvalue weighted by atomic mass is 10.1. The zero-order valence-corrected chi connectivity index (χ0v) is 12.2. The van der Waals surface area contributed by atoms with Gasteiger partial charge in [0, 0.05) is 44.3 Å². The monoisotopic (exact) mass is 276 g/mol. The third-order valence-electron chi connectivity index (χ3n) is 3.36. The minimum atomic E-state index is -0.171. The van der Waals surface area contributed by atoms with Gasteiger partial charge in [0.2, 0.25) is 0 Å². The minimum absolute atomic E-state index is 0.171. The molecule has 5 heteroatoms. The van der Waals surface area contributed by atoms with Gasteiger partial charge in [0.1, 0.15) is 11.6 Å². The van der Waals surface area contributed by atoms with Crippen LogP contribution in [0.15, 0.2) is 30.6 Å². The molecule has 0 saturated carbocycles. The molecule has 0 aliphatic rings. The third kappa shape index (κ3) is 3.17. The lowest BCUT2D eigenvalue weighted by molar-refractivity contribution is 0.591. The van der Waals surface area contributed by atoms with E-state index in [1.54, 1.807) is 12.3 Å². The summed E-state index contributed by atoms with van der Waals surface area (Å²) in [6, 6.07) is 5.19. The summed E-state index contributed by atoms with van der Waals surface area (Å²) in [5, 5.41) is 3.18. The van der Waals surface area contributed by atoms with E-state index in [1.807, 2.05) is 42.7 Å². The number of rotatable bonds is 6. The number of nitrogens with zero attached hydrogens (tertiary/aromatic N) is 3. The second-order valence-electron chi connectivity index (χ2n) is 4.83. The maximum Gasteiger partial charge on any atom is 0.129 e. The van der Waals surface area contributed by atoms with Crippen LogP contribution in [0, 0.1) is 5.82 Å². The van der Waals surface area contributed by atoms with E-state index < -0.39 is 0 Å². The number of hydrogen-bond acceptors (Lipinski definition) is 3. The average Bonchev–Trinajstić information content (AvgIpc) is 2.82. The van der Waals surface area contributed by atoms with Crippen molar-refractivity contribution in [1.82, 2.24) is 14.9 Å². The zero-order valence-electron chi connectivity index (χ0n) is 12.2. The summed E-state index contributed by atoms with van der Waals surface area (Å²) in [6.45, 7) is 4.00. The molecule has 1 heterocycles. The molecule has 0 radical (unpaired) electrons. The molecule has 1 aromatic heterocycles.